The van der Waals surface area contributed by atoms with Crippen molar-refractivity contribution in [2.75, 3.05) is 26.1 Å². The summed E-state index contributed by atoms with van der Waals surface area (Å²) in [6.07, 6.45) is 2.35. The van der Waals surface area contributed by atoms with Gasteiger partial charge in [-0.25, -0.2) is 0 Å². The Balaban J connectivity index is 3.34. The van der Waals surface area contributed by atoms with Crippen LogP contribution in [0.15, 0.2) is 0 Å². The van der Waals surface area contributed by atoms with Gasteiger partial charge in [-0.1, -0.05) is 6.92 Å². The fourth-order valence-corrected chi connectivity index (χ4v) is 1.29. The number of carbonyl (C=O) groups is 1. The van der Waals surface area contributed by atoms with E-state index in [0.29, 0.717) is 31.4 Å². The normalized spacial score (nSPS) is 12.5. The van der Waals surface area contributed by atoms with Crippen molar-refractivity contribution in [1.29, 1.82) is 0 Å². The second-order valence-electron chi connectivity index (χ2n) is 3.51. The van der Waals surface area contributed by atoms with Crippen LogP contribution in [0.25, 0.3) is 0 Å². The number of alkyl halides is 1. The predicted octanol–water partition coefficient (Wildman–Crippen LogP) is 1.79. The summed E-state index contributed by atoms with van der Waals surface area (Å²) in [5.74, 6) is 1.11. The maximum absolute atomic E-state index is 11.2. The van der Waals surface area contributed by atoms with Crippen LogP contribution in [0.4, 0.5) is 0 Å². The molecule has 0 heterocycles. The van der Waals surface area contributed by atoms with Gasteiger partial charge in [0.2, 0.25) is 5.91 Å². The van der Waals surface area contributed by atoms with E-state index in [2.05, 4.69) is 5.32 Å². The number of hydrogen-bond donors (Lipinski definition) is 1. The molecule has 0 saturated heterocycles. The summed E-state index contributed by atoms with van der Waals surface area (Å²) in [5.41, 5.74) is 0. The number of methoxy groups -OCH3 is 1. The molecule has 1 amide bonds. The monoisotopic (exact) mass is 221 g/mol. The molecule has 1 unspecified atom stereocenters. The zero-order chi connectivity index (χ0) is 10.8. The van der Waals surface area contributed by atoms with Crippen LogP contribution < -0.4 is 5.32 Å². The highest BCUT2D eigenvalue weighted by molar-refractivity contribution is 6.17. The highest BCUT2D eigenvalue weighted by atomic mass is 35.5. The maximum atomic E-state index is 11.2. The van der Waals surface area contributed by atoms with Crippen molar-refractivity contribution in [2.45, 2.75) is 26.2 Å². The van der Waals surface area contributed by atoms with E-state index in [1.807, 2.05) is 6.92 Å². The van der Waals surface area contributed by atoms with Gasteiger partial charge in [0.05, 0.1) is 6.61 Å². The lowest BCUT2D eigenvalue weighted by Gasteiger charge is -2.11. The summed E-state index contributed by atoms with van der Waals surface area (Å²) in [6, 6.07) is 0. The smallest absolute Gasteiger partial charge is 0.220 e. The van der Waals surface area contributed by atoms with E-state index in [9.17, 15) is 4.79 Å². The first-order valence-corrected chi connectivity index (χ1v) is 5.55. The fourth-order valence-electron chi connectivity index (χ4n) is 1.10. The zero-order valence-electron chi connectivity index (χ0n) is 9.01. The molecule has 0 radical (unpaired) electrons. The molecule has 0 aromatic carbocycles. The summed E-state index contributed by atoms with van der Waals surface area (Å²) in [4.78, 5) is 11.2. The first-order valence-electron chi connectivity index (χ1n) is 5.02. The van der Waals surface area contributed by atoms with Crippen molar-refractivity contribution >= 4 is 17.5 Å². The SMILES string of the molecule is COCC(C)CNC(=O)CCCCCl. The molecule has 0 aliphatic heterocycles. The number of unbranched alkanes of at least 4 members (excludes halogenated alkanes) is 1. The van der Waals surface area contributed by atoms with Crippen LogP contribution in [0.1, 0.15) is 26.2 Å². The minimum Gasteiger partial charge on any atom is -0.384 e. The van der Waals surface area contributed by atoms with E-state index in [-0.39, 0.29) is 5.91 Å². The largest absolute Gasteiger partial charge is 0.384 e. The van der Waals surface area contributed by atoms with Crippen LogP contribution in [0.5, 0.6) is 0 Å². The molecule has 84 valence electrons. The molecule has 1 atom stereocenters. The number of amides is 1. The molecule has 0 aromatic rings. The molecular formula is C10H20ClNO2. The molecule has 0 aliphatic rings. The van der Waals surface area contributed by atoms with Crippen LogP contribution in [0.2, 0.25) is 0 Å². The van der Waals surface area contributed by atoms with Gasteiger partial charge in [0.15, 0.2) is 0 Å². The average Bonchev–Trinajstić information content (AvgIpc) is 2.16. The molecule has 1 N–H and O–H groups in total. The van der Waals surface area contributed by atoms with E-state index >= 15 is 0 Å². The average molecular weight is 222 g/mol. The number of carbonyl (C=O) groups excluding carboxylic acids is 1. The molecule has 4 heteroatoms. The Labute approximate surface area is 91.2 Å². The Bertz CT molecular complexity index is 153. The molecule has 14 heavy (non-hydrogen) atoms. The quantitative estimate of drug-likeness (QED) is 0.502. The van der Waals surface area contributed by atoms with Crippen LogP contribution in [-0.2, 0) is 9.53 Å². The van der Waals surface area contributed by atoms with E-state index in [1.54, 1.807) is 7.11 Å². The third-order valence-electron chi connectivity index (χ3n) is 1.89. The van der Waals surface area contributed by atoms with Crippen molar-refractivity contribution < 1.29 is 9.53 Å². The van der Waals surface area contributed by atoms with Gasteiger partial charge in [0.1, 0.15) is 0 Å². The van der Waals surface area contributed by atoms with Gasteiger partial charge in [-0.2, -0.15) is 0 Å². The highest BCUT2D eigenvalue weighted by Gasteiger charge is 2.04. The first kappa shape index (κ1) is 13.7. The second-order valence-corrected chi connectivity index (χ2v) is 3.89. The van der Waals surface area contributed by atoms with Crippen LogP contribution in [0, 0.1) is 5.92 Å². The topological polar surface area (TPSA) is 38.3 Å². The van der Waals surface area contributed by atoms with E-state index < -0.39 is 0 Å². The Morgan fingerprint density at radius 2 is 2.21 bits per heavy atom. The number of rotatable bonds is 8. The molecule has 0 spiro atoms. The lowest BCUT2D eigenvalue weighted by atomic mass is 10.2. The van der Waals surface area contributed by atoms with Crippen molar-refractivity contribution in [3.8, 4) is 0 Å². The van der Waals surface area contributed by atoms with Gasteiger partial charge in [-0.15, -0.1) is 11.6 Å². The van der Waals surface area contributed by atoms with Gasteiger partial charge < -0.3 is 10.1 Å². The first-order chi connectivity index (χ1) is 6.70. The van der Waals surface area contributed by atoms with Gasteiger partial charge >= 0.3 is 0 Å². The zero-order valence-corrected chi connectivity index (χ0v) is 9.77. The molecule has 0 aromatic heterocycles. The third-order valence-corrected chi connectivity index (χ3v) is 2.15. The van der Waals surface area contributed by atoms with Crippen molar-refractivity contribution in [1.82, 2.24) is 5.32 Å². The Morgan fingerprint density at radius 3 is 2.79 bits per heavy atom. The summed E-state index contributed by atoms with van der Waals surface area (Å²) in [7, 11) is 1.67. The van der Waals surface area contributed by atoms with Crippen LogP contribution in [0.3, 0.4) is 0 Å². The van der Waals surface area contributed by atoms with E-state index in [4.69, 9.17) is 16.3 Å². The lowest BCUT2D eigenvalue weighted by Crippen LogP contribution is -2.29. The highest BCUT2D eigenvalue weighted by Crippen LogP contribution is 1.98. The van der Waals surface area contributed by atoms with Gasteiger partial charge in [-0.3, -0.25) is 4.79 Å². The van der Waals surface area contributed by atoms with Crippen LogP contribution >= 0.6 is 11.6 Å². The molecule has 0 rings (SSSR count). The van der Waals surface area contributed by atoms with Crippen LogP contribution in [-0.4, -0.2) is 32.0 Å². The number of nitrogens with one attached hydrogen (secondary N) is 1. The second kappa shape index (κ2) is 9.28. The number of halogens is 1. The summed E-state index contributed by atoms with van der Waals surface area (Å²) in [6.45, 7) is 3.41. The molecule has 3 nitrogen and oxygen atoms in total. The van der Waals surface area contributed by atoms with E-state index in [0.717, 1.165) is 12.8 Å². The predicted molar refractivity (Wildman–Crippen MR) is 58.6 cm³/mol. The molecule has 0 fully saturated rings. The minimum absolute atomic E-state index is 0.109. The Kier molecular flexibility index (Phi) is 9.10. The van der Waals surface area contributed by atoms with Crippen molar-refractivity contribution in [3.63, 3.8) is 0 Å². The molecular weight excluding hydrogens is 202 g/mol. The molecule has 0 saturated carbocycles. The third kappa shape index (κ3) is 8.32. The number of hydrogen-bond acceptors (Lipinski definition) is 2. The molecule has 0 aliphatic carbocycles. The minimum atomic E-state index is 0.109. The summed E-state index contributed by atoms with van der Waals surface area (Å²) < 4.78 is 4.97. The van der Waals surface area contributed by atoms with E-state index in [1.165, 1.54) is 0 Å². The maximum Gasteiger partial charge on any atom is 0.220 e. The Morgan fingerprint density at radius 1 is 1.50 bits per heavy atom. The molecule has 0 bridgehead atoms. The summed E-state index contributed by atoms with van der Waals surface area (Å²) >= 11 is 5.51. The van der Waals surface area contributed by atoms with Crippen molar-refractivity contribution in [2.24, 2.45) is 5.92 Å². The van der Waals surface area contributed by atoms with Gasteiger partial charge in [0, 0.05) is 26.0 Å². The lowest BCUT2D eigenvalue weighted by molar-refractivity contribution is -0.121. The van der Waals surface area contributed by atoms with Gasteiger partial charge in [-0.05, 0) is 18.8 Å². The van der Waals surface area contributed by atoms with Crippen molar-refractivity contribution in [3.05, 3.63) is 0 Å². The number of ether oxygens (including phenoxy) is 1. The Hall–Kier alpha value is -0.280. The fraction of sp³-hybridized carbons (Fsp3) is 0.900. The van der Waals surface area contributed by atoms with Gasteiger partial charge in [0.25, 0.3) is 0 Å². The summed E-state index contributed by atoms with van der Waals surface area (Å²) in [5, 5.41) is 2.86. The standard InChI is InChI=1S/C10H20ClNO2/c1-9(8-14-2)7-12-10(13)5-3-4-6-11/h9H,3-8H2,1-2H3,(H,12,13).